The number of hydrogen-bond donors (Lipinski definition) is 2. The maximum Gasteiger partial charge on any atom is 0.341 e. The summed E-state index contributed by atoms with van der Waals surface area (Å²) in [6.45, 7) is 1.90. The van der Waals surface area contributed by atoms with Crippen LogP contribution in [0.25, 0.3) is 11.3 Å². The molecule has 0 amide bonds. The highest BCUT2D eigenvalue weighted by Crippen LogP contribution is 2.35. The Hall–Kier alpha value is -3.56. The first-order chi connectivity index (χ1) is 14.9. The number of ether oxygens (including phenoxy) is 4. The highest BCUT2D eigenvalue weighted by Gasteiger charge is 2.21. The first kappa shape index (κ1) is 22.1. The summed E-state index contributed by atoms with van der Waals surface area (Å²) in [6, 6.07) is 12.9. The molecule has 2 aromatic carbocycles. The van der Waals surface area contributed by atoms with Gasteiger partial charge in [0.2, 0.25) is 0 Å². The molecule has 1 heterocycles. The first-order valence-corrected chi connectivity index (χ1v) is 9.46. The van der Waals surface area contributed by atoms with Gasteiger partial charge in [0, 0.05) is 45.0 Å². The summed E-state index contributed by atoms with van der Waals surface area (Å²) >= 11 is 0. The van der Waals surface area contributed by atoms with E-state index in [1.54, 1.807) is 17.8 Å². The lowest BCUT2D eigenvalue weighted by molar-refractivity contribution is 0.0446. The van der Waals surface area contributed by atoms with E-state index in [1.165, 1.54) is 20.3 Å². The molecule has 0 radical (unpaired) electrons. The first-order valence-electron chi connectivity index (χ1n) is 9.46. The number of aromatic carboxylic acids is 1. The quantitative estimate of drug-likeness (QED) is 0.471. The molecule has 0 saturated heterocycles. The van der Waals surface area contributed by atoms with Crippen LogP contribution in [0.1, 0.15) is 15.9 Å². The van der Waals surface area contributed by atoms with E-state index in [2.05, 4.69) is 10.4 Å². The number of carboxylic acid groups (broad SMARTS) is 1. The second-order valence-corrected chi connectivity index (χ2v) is 6.78. The number of carbonyl (C=O) groups is 1. The molecule has 164 valence electrons. The van der Waals surface area contributed by atoms with E-state index in [4.69, 9.17) is 18.9 Å². The van der Waals surface area contributed by atoms with Gasteiger partial charge < -0.3 is 29.4 Å². The number of nitrogens with one attached hydrogen (secondary N) is 1. The summed E-state index contributed by atoms with van der Waals surface area (Å²) in [5.74, 6) is -0.0831. The molecule has 2 N–H and O–H groups in total. The fourth-order valence-corrected chi connectivity index (χ4v) is 2.94. The van der Waals surface area contributed by atoms with E-state index in [0.717, 1.165) is 16.8 Å². The van der Waals surface area contributed by atoms with E-state index in [-0.39, 0.29) is 30.6 Å². The highest BCUT2D eigenvalue weighted by molar-refractivity contribution is 5.98. The second-order valence-electron chi connectivity index (χ2n) is 6.78. The third-order valence-electron chi connectivity index (χ3n) is 4.46. The van der Waals surface area contributed by atoms with Crippen molar-refractivity contribution in [2.75, 3.05) is 33.1 Å². The van der Waals surface area contributed by atoms with Crippen molar-refractivity contribution in [3.05, 3.63) is 53.6 Å². The lowest BCUT2D eigenvalue weighted by atomic mass is 10.1. The fourth-order valence-electron chi connectivity index (χ4n) is 2.94. The molecule has 9 heteroatoms. The number of rotatable bonds is 10. The van der Waals surface area contributed by atoms with Crippen molar-refractivity contribution in [2.24, 2.45) is 7.05 Å². The molecule has 0 fully saturated rings. The molecule has 0 atom stereocenters. The van der Waals surface area contributed by atoms with Crippen molar-refractivity contribution in [3.8, 4) is 22.8 Å². The highest BCUT2D eigenvalue weighted by atomic mass is 16.7. The van der Waals surface area contributed by atoms with Gasteiger partial charge in [-0.15, -0.1) is 0 Å². The Labute approximate surface area is 180 Å². The topological polar surface area (TPSA) is 104 Å². The van der Waals surface area contributed by atoms with Gasteiger partial charge in [0.25, 0.3) is 0 Å². The largest absolute Gasteiger partial charge is 0.477 e. The van der Waals surface area contributed by atoms with E-state index < -0.39 is 5.97 Å². The average Bonchev–Trinajstić information content (AvgIpc) is 3.10. The molecule has 0 aliphatic carbocycles. The summed E-state index contributed by atoms with van der Waals surface area (Å²) in [7, 11) is 4.72. The van der Waals surface area contributed by atoms with Gasteiger partial charge in [-0.3, -0.25) is 4.68 Å². The van der Waals surface area contributed by atoms with E-state index >= 15 is 0 Å². The van der Waals surface area contributed by atoms with Crippen LogP contribution in [0.5, 0.6) is 11.5 Å². The van der Waals surface area contributed by atoms with Gasteiger partial charge in [-0.05, 0) is 6.92 Å². The Bertz CT molecular complexity index is 1050. The van der Waals surface area contributed by atoms with Gasteiger partial charge in [-0.25, -0.2) is 4.79 Å². The molecule has 0 aliphatic heterocycles. The van der Waals surface area contributed by atoms with E-state index in [9.17, 15) is 9.90 Å². The molecule has 0 aliphatic rings. The van der Waals surface area contributed by atoms with Gasteiger partial charge in [0.15, 0.2) is 13.6 Å². The number of methoxy groups -OCH3 is 2. The minimum atomic E-state index is -1.16. The Morgan fingerprint density at radius 3 is 2.39 bits per heavy atom. The Balaban J connectivity index is 2.00. The van der Waals surface area contributed by atoms with Gasteiger partial charge >= 0.3 is 5.97 Å². The van der Waals surface area contributed by atoms with Crippen LogP contribution in [-0.2, 0) is 16.5 Å². The predicted molar refractivity (Wildman–Crippen MR) is 115 cm³/mol. The number of aromatic nitrogens is 2. The molecule has 0 saturated carbocycles. The average molecular weight is 427 g/mol. The van der Waals surface area contributed by atoms with Crippen LogP contribution in [0.2, 0.25) is 0 Å². The molecular weight excluding hydrogens is 402 g/mol. The van der Waals surface area contributed by atoms with Crippen LogP contribution in [-0.4, -0.2) is 48.7 Å². The summed E-state index contributed by atoms with van der Waals surface area (Å²) in [5, 5.41) is 17.5. The molecule has 0 unspecified atom stereocenters. The van der Waals surface area contributed by atoms with E-state index in [1.807, 2.05) is 37.3 Å². The van der Waals surface area contributed by atoms with Crippen LogP contribution >= 0.6 is 0 Å². The number of benzene rings is 2. The summed E-state index contributed by atoms with van der Waals surface area (Å²) in [5.41, 5.74) is 3.09. The zero-order valence-electron chi connectivity index (χ0n) is 17.8. The molecular formula is C22H25N3O6. The van der Waals surface area contributed by atoms with Crippen LogP contribution in [0, 0.1) is 6.92 Å². The number of anilines is 2. The van der Waals surface area contributed by atoms with Crippen LogP contribution in [0.15, 0.2) is 42.5 Å². The van der Waals surface area contributed by atoms with Crippen molar-refractivity contribution < 1.29 is 28.8 Å². The molecule has 0 bridgehead atoms. The standard InChI is InChI=1S/C22H25N3O6/c1-14-5-7-15(8-6-14)17-11-20(25(2)24-17)23-18-9-16(30-12-28-3)10-19(31-13-29-4)21(18)22(26)27/h5-11,23H,12-13H2,1-4H3,(H,26,27). The van der Waals surface area contributed by atoms with E-state index in [0.29, 0.717) is 11.6 Å². The van der Waals surface area contributed by atoms with Crippen LogP contribution in [0.3, 0.4) is 0 Å². The number of hydrogen-bond acceptors (Lipinski definition) is 7. The lowest BCUT2D eigenvalue weighted by Gasteiger charge is -2.16. The van der Waals surface area contributed by atoms with Gasteiger partial charge in [-0.1, -0.05) is 29.8 Å². The lowest BCUT2D eigenvalue weighted by Crippen LogP contribution is -2.11. The number of nitrogens with zero attached hydrogens (tertiary/aromatic N) is 2. The maximum absolute atomic E-state index is 12.0. The Morgan fingerprint density at radius 2 is 1.74 bits per heavy atom. The van der Waals surface area contributed by atoms with Crippen molar-refractivity contribution in [2.45, 2.75) is 6.92 Å². The van der Waals surface area contributed by atoms with Crippen LogP contribution in [0.4, 0.5) is 11.5 Å². The molecule has 31 heavy (non-hydrogen) atoms. The summed E-state index contributed by atoms with van der Waals surface area (Å²) in [6.07, 6.45) is 0. The molecule has 3 rings (SSSR count). The van der Waals surface area contributed by atoms with Gasteiger partial charge in [0.1, 0.15) is 22.9 Å². The minimum Gasteiger partial charge on any atom is -0.477 e. The monoisotopic (exact) mass is 427 g/mol. The zero-order chi connectivity index (χ0) is 22.4. The Kier molecular flexibility index (Phi) is 7.11. The zero-order valence-corrected chi connectivity index (χ0v) is 17.8. The van der Waals surface area contributed by atoms with Crippen molar-refractivity contribution >= 4 is 17.5 Å². The van der Waals surface area contributed by atoms with Crippen molar-refractivity contribution in [3.63, 3.8) is 0 Å². The fraction of sp³-hybridized carbons (Fsp3) is 0.273. The van der Waals surface area contributed by atoms with Gasteiger partial charge in [-0.2, -0.15) is 5.10 Å². The molecule has 1 aromatic heterocycles. The van der Waals surface area contributed by atoms with Crippen LogP contribution < -0.4 is 14.8 Å². The van der Waals surface area contributed by atoms with Gasteiger partial charge in [0.05, 0.1) is 11.4 Å². The second kappa shape index (κ2) is 9.96. The third-order valence-corrected chi connectivity index (χ3v) is 4.46. The Morgan fingerprint density at radius 1 is 1.06 bits per heavy atom. The molecule has 9 nitrogen and oxygen atoms in total. The van der Waals surface area contributed by atoms with Crippen molar-refractivity contribution in [1.82, 2.24) is 9.78 Å². The normalized spacial score (nSPS) is 10.7. The number of carboxylic acids is 1. The third kappa shape index (κ3) is 5.33. The maximum atomic E-state index is 12.0. The predicted octanol–water partition coefficient (Wildman–Crippen LogP) is 3.80. The number of aryl methyl sites for hydroxylation is 2. The summed E-state index contributed by atoms with van der Waals surface area (Å²) < 4.78 is 22.5. The molecule has 0 spiro atoms. The minimum absolute atomic E-state index is 0.00113. The van der Waals surface area contributed by atoms with Crippen molar-refractivity contribution in [1.29, 1.82) is 0 Å². The smallest absolute Gasteiger partial charge is 0.341 e. The SMILES string of the molecule is COCOc1cc(Nc2cc(-c3ccc(C)cc3)nn2C)c(C(=O)O)c(OCOC)c1. The summed E-state index contributed by atoms with van der Waals surface area (Å²) in [4.78, 5) is 12.0. The molecule has 3 aromatic rings.